The van der Waals surface area contributed by atoms with Crippen molar-refractivity contribution in [2.24, 2.45) is 5.73 Å². The standard InChI is InChI=1S/C12H17NO2/c1-12(2)7-10(13)9-6-8(14-3)4-5-11(9)15-12/h4-6,10H,7,13H2,1-3H3/t10-/m1/s1. The van der Waals surface area contributed by atoms with Crippen molar-refractivity contribution in [2.45, 2.75) is 31.9 Å². The SMILES string of the molecule is COc1ccc2c(c1)[C@H](N)CC(C)(C)O2. The molecule has 1 aliphatic heterocycles. The van der Waals surface area contributed by atoms with E-state index in [0.29, 0.717) is 0 Å². The van der Waals surface area contributed by atoms with Crippen LogP contribution in [0.2, 0.25) is 0 Å². The maximum atomic E-state index is 6.11. The van der Waals surface area contributed by atoms with Gasteiger partial charge in [-0.05, 0) is 32.0 Å². The van der Waals surface area contributed by atoms with E-state index in [1.807, 2.05) is 18.2 Å². The van der Waals surface area contributed by atoms with Gasteiger partial charge < -0.3 is 15.2 Å². The van der Waals surface area contributed by atoms with Gasteiger partial charge in [0.15, 0.2) is 0 Å². The summed E-state index contributed by atoms with van der Waals surface area (Å²) < 4.78 is 11.0. The van der Waals surface area contributed by atoms with Gasteiger partial charge in [-0.15, -0.1) is 0 Å². The minimum absolute atomic E-state index is 0.0267. The van der Waals surface area contributed by atoms with Gasteiger partial charge in [0.05, 0.1) is 7.11 Å². The summed E-state index contributed by atoms with van der Waals surface area (Å²) in [5.41, 5.74) is 6.97. The Bertz CT molecular complexity index is 374. The molecule has 0 spiro atoms. The first kappa shape index (κ1) is 10.3. The minimum atomic E-state index is -0.180. The van der Waals surface area contributed by atoms with Crippen molar-refractivity contribution in [3.05, 3.63) is 23.8 Å². The Labute approximate surface area is 90.2 Å². The van der Waals surface area contributed by atoms with Crippen LogP contribution in [0.4, 0.5) is 0 Å². The highest BCUT2D eigenvalue weighted by molar-refractivity contribution is 5.44. The van der Waals surface area contributed by atoms with Gasteiger partial charge in [-0.1, -0.05) is 0 Å². The number of hydrogen-bond acceptors (Lipinski definition) is 3. The first-order valence-corrected chi connectivity index (χ1v) is 5.14. The second-order valence-electron chi connectivity index (χ2n) is 4.58. The van der Waals surface area contributed by atoms with Gasteiger partial charge in [0.2, 0.25) is 0 Å². The van der Waals surface area contributed by atoms with Gasteiger partial charge in [0.25, 0.3) is 0 Å². The first-order chi connectivity index (χ1) is 7.02. The van der Waals surface area contributed by atoms with E-state index in [4.69, 9.17) is 15.2 Å². The lowest BCUT2D eigenvalue weighted by Crippen LogP contribution is -2.37. The monoisotopic (exact) mass is 207 g/mol. The van der Waals surface area contributed by atoms with E-state index in [0.717, 1.165) is 23.5 Å². The Morgan fingerprint density at radius 2 is 2.20 bits per heavy atom. The second-order valence-corrected chi connectivity index (χ2v) is 4.58. The third-order valence-electron chi connectivity index (χ3n) is 2.71. The first-order valence-electron chi connectivity index (χ1n) is 5.14. The predicted molar refractivity (Wildman–Crippen MR) is 59.2 cm³/mol. The second kappa shape index (κ2) is 3.42. The van der Waals surface area contributed by atoms with Crippen molar-refractivity contribution < 1.29 is 9.47 Å². The molecule has 2 rings (SSSR count). The largest absolute Gasteiger partial charge is 0.497 e. The summed E-state index contributed by atoms with van der Waals surface area (Å²) in [5, 5.41) is 0. The number of fused-ring (bicyclic) bond motifs is 1. The van der Waals surface area contributed by atoms with Crippen LogP contribution in [0.25, 0.3) is 0 Å². The smallest absolute Gasteiger partial charge is 0.125 e. The van der Waals surface area contributed by atoms with Crippen LogP contribution in [0.5, 0.6) is 11.5 Å². The zero-order valence-electron chi connectivity index (χ0n) is 9.41. The summed E-state index contributed by atoms with van der Waals surface area (Å²) in [6, 6.07) is 5.80. The van der Waals surface area contributed by atoms with E-state index in [-0.39, 0.29) is 11.6 Å². The van der Waals surface area contributed by atoms with E-state index < -0.39 is 0 Å². The summed E-state index contributed by atoms with van der Waals surface area (Å²) in [5.74, 6) is 1.70. The van der Waals surface area contributed by atoms with Crippen LogP contribution in [-0.2, 0) is 0 Å². The van der Waals surface area contributed by atoms with Gasteiger partial charge in [-0.2, -0.15) is 0 Å². The van der Waals surface area contributed by atoms with E-state index in [9.17, 15) is 0 Å². The maximum Gasteiger partial charge on any atom is 0.125 e. The van der Waals surface area contributed by atoms with Crippen LogP contribution in [0.1, 0.15) is 31.9 Å². The van der Waals surface area contributed by atoms with Crippen molar-refractivity contribution in [3.8, 4) is 11.5 Å². The summed E-state index contributed by atoms with van der Waals surface area (Å²) >= 11 is 0. The molecule has 1 aromatic carbocycles. The lowest BCUT2D eigenvalue weighted by atomic mass is 9.90. The summed E-state index contributed by atoms with van der Waals surface area (Å²) in [6.45, 7) is 4.11. The number of nitrogens with two attached hydrogens (primary N) is 1. The van der Waals surface area contributed by atoms with Crippen LogP contribution in [0.15, 0.2) is 18.2 Å². The Morgan fingerprint density at radius 3 is 2.87 bits per heavy atom. The van der Waals surface area contributed by atoms with Crippen LogP contribution in [0.3, 0.4) is 0 Å². The fraction of sp³-hybridized carbons (Fsp3) is 0.500. The van der Waals surface area contributed by atoms with Crippen LogP contribution in [0, 0.1) is 0 Å². The predicted octanol–water partition coefficient (Wildman–Crippen LogP) is 2.26. The average molecular weight is 207 g/mol. The van der Waals surface area contributed by atoms with Gasteiger partial charge in [-0.3, -0.25) is 0 Å². The molecule has 2 N–H and O–H groups in total. The van der Waals surface area contributed by atoms with Crippen molar-refractivity contribution in [1.29, 1.82) is 0 Å². The highest BCUT2D eigenvalue weighted by atomic mass is 16.5. The molecule has 1 aliphatic rings. The summed E-state index contributed by atoms with van der Waals surface area (Å²) in [6.07, 6.45) is 0.827. The molecule has 1 atom stereocenters. The molecule has 0 saturated heterocycles. The zero-order chi connectivity index (χ0) is 11.1. The molecule has 0 bridgehead atoms. The van der Waals surface area contributed by atoms with Crippen molar-refractivity contribution >= 4 is 0 Å². The highest BCUT2D eigenvalue weighted by Crippen LogP contribution is 2.39. The Kier molecular flexibility index (Phi) is 2.35. The highest BCUT2D eigenvalue weighted by Gasteiger charge is 2.31. The summed E-state index contributed by atoms with van der Waals surface area (Å²) in [4.78, 5) is 0. The average Bonchev–Trinajstić information content (AvgIpc) is 2.15. The Balaban J connectivity index is 2.41. The molecule has 3 heteroatoms. The van der Waals surface area contributed by atoms with Gasteiger partial charge in [0, 0.05) is 18.0 Å². The molecular weight excluding hydrogens is 190 g/mol. The molecule has 0 unspecified atom stereocenters. The Morgan fingerprint density at radius 1 is 1.47 bits per heavy atom. The number of benzene rings is 1. The number of rotatable bonds is 1. The molecule has 15 heavy (non-hydrogen) atoms. The molecule has 0 amide bonds. The maximum absolute atomic E-state index is 6.11. The van der Waals surface area contributed by atoms with E-state index in [2.05, 4.69) is 13.8 Å². The number of ether oxygens (including phenoxy) is 2. The summed E-state index contributed by atoms with van der Waals surface area (Å²) in [7, 11) is 1.65. The van der Waals surface area contributed by atoms with Crippen LogP contribution in [-0.4, -0.2) is 12.7 Å². The lowest BCUT2D eigenvalue weighted by molar-refractivity contribution is 0.0727. The normalized spacial score (nSPS) is 22.8. The third-order valence-corrected chi connectivity index (χ3v) is 2.71. The van der Waals surface area contributed by atoms with E-state index in [1.165, 1.54) is 0 Å². The molecule has 0 saturated carbocycles. The van der Waals surface area contributed by atoms with Crippen molar-refractivity contribution in [3.63, 3.8) is 0 Å². The number of hydrogen-bond donors (Lipinski definition) is 1. The molecule has 1 heterocycles. The van der Waals surface area contributed by atoms with Crippen LogP contribution >= 0.6 is 0 Å². The quantitative estimate of drug-likeness (QED) is 0.768. The Hall–Kier alpha value is -1.22. The zero-order valence-corrected chi connectivity index (χ0v) is 9.41. The topological polar surface area (TPSA) is 44.5 Å². The molecule has 0 aromatic heterocycles. The van der Waals surface area contributed by atoms with E-state index >= 15 is 0 Å². The minimum Gasteiger partial charge on any atom is -0.497 e. The number of methoxy groups -OCH3 is 1. The van der Waals surface area contributed by atoms with Crippen LogP contribution < -0.4 is 15.2 Å². The molecule has 3 nitrogen and oxygen atoms in total. The third kappa shape index (κ3) is 1.92. The fourth-order valence-electron chi connectivity index (χ4n) is 2.02. The molecular formula is C12H17NO2. The fourth-order valence-corrected chi connectivity index (χ4v) is 2.02. The van der Waals surface area contributed by atoms with Gasteiger partial charge in [0.1, 0.15) is 17.1 Å². The molecule has 1 aromatic rings. The molecule has 0 aliphatic carbocycles. The van der Waals surface area contributed by atoms with Crippen molar-refractivity contribution in [1.82, 2.24) is 0 Å². The molecule has 82 valence electrons. The molecule has 0 fully saturated rings. The molecule has 0 radical (unpaired) electrons. The lowest BCUT2D eigenvalue weighted by Gasteiger charge is -2.36. The van der Waals surface area contributed by atoms with Crippen molar-refractivity contribution in [2.75, 3.05) is 7.11 Å². The van der Waals surface area contributed by atoms with Gasteiger partial charge in [-0.25, -0.2) is 0 Å². The van der Waals surface area contributed by atoms with Gasteiger partial charge >= 0.3 is 0 Å². The van der Waals surface area contributed by atoms with E-state index in [1.54, 1.807) is 7.11 Å².